The normalized spacial score (nSPS) is 11.0. The average Bonchev–Trinajstić information content (AvgIpc) is 2.80. The zero-order valence-electron chi connectivity index (χ0n) is 11.4. The van der Waals surface area contributed by atoms with Gasteiger partial charge < -0.3 is 4.57 Å². The number of nitro benzene ring substituents is 1. The first-order valence-electron chi connectivity index (χ1n) is 6.53. The van der Waals surface area contributed by atoms with Gasteiger partial charge in [-0.2, -0.15) is 0 Å². The van der Waals surface area contributed by atoms with Crippen LogP contribution in [0.3, 0.4) is 0 Å². The van der Waals surface area contributed by atoms with Crippen molar-refractivity contribution in [3.05, 3.63) is 74.9 Å². The molecule has 4 nitrogen and oxygen atoms in total. The summed E-state index contributed by atoms with van der Waals surface area (Å²) < 4.78 is 2.10. The highest BCUT2D eigenvalue weighted by atomic mass is 35.5. The SMILES string of the molecule is Cc1cc(Cn2ccc3cc(Cl)ccc32)ccc1[N+](=O)[O-]. The third kappa shape index (κ3) is 2.62. The topological polar surface area (TPSA) is 48.1 Å². The zero-order valence-corrected chi connectivity index (χ0v) is 12.2. The molecule has 0 saturated carbocycles. The number of nitro groups is 1. The number of aromatic nitrogens is 1. The second kappa shape index (κ2) is 5.22. The van der Waals surface area contributed by atoms with E-state index in [1.807, 2.05) is 36.5 Å². The van der Waals surface area contributed by atoms with Gasteiger partial charge >= 0.3 is 0 Å². The molecule has 5 heteroatoms. The van der Waals surface area contributed by atoms with Crippen molar-refractivity contribution in [2.45, 2.75) is 13.5 Å². The van der Waals surface area contributed by atoms with E-state index in [4.69, 9.17) is 11.6 Å². The smallest absolute Gasteiger partial charge is 0.272 e. The van der Waals surface area contributed by atoms with Gasteiger partial charge in [-0.05, 0) is 42.8 Å². The van der Waals surface area contributed by atoms with Crippen LogP contribution in [0.1, 0.15) is 11.1 Å². The van der Waals surface area contributed by atoms with Gasteiger partial charge in [-0.1, -0.05) is 17.7 Å². The quantitative estimate of drug-likeness (QED) is 0.526. The third-order valence-corrected chi connectivity index (χ3v) is 3.78. The molecule has 0 radical (unpaired) electrons. The van der Waals surface area contributed by atoms with Gasteiger partial charge in [-0.3, -0.25) is 10.1 Å². The standard InChI is InChI=1S/C16H13ClN2O2/c1-11-8-12(2-4-15(11)19(20)21)10-18-7-6-13-9-14(17)3-5-16(13)18/h2-9H,10H2,1H3. The maximum Gasteiger partial charge on any atom is 0.272 e. The predicted molar refractivity (Wildman–Crippen MR) is 83.9 cm³/mol. The molecule has 0 fully saturated rings. The monoisotopic (exact) mass is 300 g/mol. The van der Waals surface area contributed by atoms with E-state index in [0.717, 1.165) is 16.5 Å². The van der Waals surface area contributed by atoms with Crippen molar-refractivity contribution in [3.8, 4) is 0 Å². The Morgan fingerprint density at radius 1 is 1.19 bits per heavy atom. The van der Waals surface area contributed by atoms with E-state index < -0.39 is 0 Å². The van der Waals surface area contributed by atoms with Crippen LogP contribution in [0.4, 0.5) is 5.69 Å². The highest BCUT2D eigenvalue weighted by Crippen LogP contribution is 2.23. The number of aryl methyl sites for hydroxylation is 1. The number of rotatable bonds is 3. The van der Waals surface area contributed by atoms with E-state index in [1.54, 1.807) is 19.1 Å². The van der Waals surface area contributed by atoms with E-state index in [0.29, 0.717) is 17.1 Å². The first kappa shape index (κ1) is 13.6. The summed E-state index contributed by atoms with van der Waals surface area (Å²) in [6.45, 7) is 2.43. The summed E-state index contributed by atoms with van der Waals surface area (Å²) in [6.07, 6.45) is 2.00. The molecule has 3 aromatic rings. The van der Waals surface area contributed by atoms with Gasteiger partial charge in [0.25, 0.3) is 5.69 Å². The highest BCUT2D eigenvalue weighted by Gasteiger charge is 2.10. The zero-order chi connectivity index (χ0) is 15.0. The second-order valence-electron chi connectivity index (χ2n) is 5.02. The molecule has 0 amide bonds. The molecule has 0 aliphatic rings. The lowest BCUT2D eigenvalue weighted by molar-refractivity contribution is -0.385. The van der Waals surface area contributed by atoms with E-state index in [9.17, 15) is 10.1 Å². The van der Waals surface area contributed by atoms with Crippen molar-refractivity contribution in [2.75, 3.05) is 0 Å². The van der Waals surface area contributed by atoms with Gasteiger partial charge in [0.1, 0.15) is 0 Å². The molecular formula is C16H13ClN2O2. The minimum absolute atomic E-state index is 0.155. The molecule has 1 aromatic heterocycles. The Hall–Kier alpha value is -2.33. The molecule has 0 atom stereocenters. The van der Waals surface area contributed by atoms with Gasteiger partial charge in [0.15, 0.2) is 0 Å². The van der Waals surface area contributed by atoms with Crippen LogP contribution < -0.4 is 0 Å². The van der Waals surface area contributed by atoms with Gasteiger partial charge in [0, 0.05) is 40.3 Å². The first-order chi connectivity index (χ1) is 10.0. The van der Waals surface area contributed by atoms with Gasteiger partial charge in [0.2, 0.25) is 0 Å². The van der Waals surface area contributed by atoms with Gasteiger partial charge in [-0.25, -0.2) is 0 Å². The molecular weight excluding hydrogens is 288 g/mol. The van der Waals surface area contributed by atoms with Crippen LogP contribution in [-0.4, -0.2) is 9.49 Å². The van der Waals surface area contributed by atoms with Crippen LogP contribution in [-0.2, 0) is 6.54 Å². The number of hydrogen-bond donors (Lipinski definition) is 0. The number of hydrogen-bond acceptors (Lipinski definition) is 2. The van der Waals surface area contributed by atoms with Crippen LogP contribution in [0.15, 0.2) is 48.7 Å². The molecule has 21 heavy (non-hydrogen) atoms. The second-order valence-corrected chi connectivity index (χ2v) is 5.46. The maximum atomic E-state index is 10.8. The van der Waals surface area contributed by atoms with E-state index in [2.05, 4.69) is 4.57 Å². The van der Waals surface area contributed by atoms with Crippen molar-refractivity contribution in [1.29, 1.82) is 0 Å². The Bertz CT molecular complexity index is 839. The first-order valence-corrected chi connectivity index (χ1v) is 6.91. The fraction of sp³-hybridized carbons (Fsp3) is 0.125. The van der Waals surface area contributed by atoms with Crippen LogP contribution in [0.25, 0.3) is 10.9 Å². The van der Waals surface area contributed by atoms with Crippen LogP contribution in [0.5, 0.6) is 0 Å². The van der Waals surface area contributed by atoms with Gasteiger partial charge in [-0.15, -0.1) is 0 Å². The number of fused-ring (bicyclic) bond motifs is 1. The molecule has 0 aliphatic carbocycles. The Morgan fingerprint density at radius 3 is 2.71 bits per heavy atom. The lowest BCUT2D eigenvalue weighted by Gasteiger charge is -2.07. The molecule has 0 bridgehead atoms. The number of halogens is 1. The van der Waals surface area contributed by atoms with Crippen LogP contribution in [0.2, 0.25) is 5.02 Å². The molecule has 0 spiro atoms. The summed E-state index contributed by atoms with van der Waals surface area (Å²) >= 11 is 5.98. The minimum Gasteiger partial charge on any atom is -0.343 e. The van der Waals surface area contributed by atoms with Crippen LogP contribution in [0, 0.1) is 17.0 Å². The average molecular weight is 301 g/mol. The predicted octanol–water partition coefficient (Wildman–Crippen LogP) is 4.56. The molecule has 0 saturated heterocycles. The summed E-state index contributed by atoms with van der Waals surface area (Å²) in [5, 5.41) is 12.6. The Kier molecular flexibility index (Phi) is 3.39. The van der Waals surface area contributed by atoms with Crippen molar-refractivity contribution in [1.82, 2.24) is 4.57 Å². The summed E-state index contributed by atoms with van der Waals surface area (Å²) in [6, 6.07) is 13.0. The molecule has 0 unspecified atom stereocenters. The summed E-state index contributed by atoms with van der Waals surface area (Å²) in [5.74, 6) is 0. The fourth-order valence-electron chi connectivity index (χ4n) is 2.53. The molecule has 3 rings (SSSR count). The van der Waals surface area contributed by atoms with Crippen molar-refractivity contribution in [3.63, 3.8) is 0 Å². The highest BCUT2D eigenvalue weighted by molar-refractivity contribution is 6.31. The number of nitrogens with zero attached hydrogens (tertiary/aromatic N) is 2. The summed E-state index contributed by atoms with van der Waals surface area (Å²) in [7, 11) is 0. The largest absolute Gasteiger partial charge is 0.343 e. The number of benzene rings is 2. The van der Waals surface area contributed by atoms with Crippen LogP contribution >= 0.6 is 11.6 Å². The molecule has 2 aromatic carbocycles. The maximum absolute atomic E-state index is 10.8. The lowest BCUT2D eigenvalue weighted by Crippen LogP contribution is -1.99. The molecule has 0 aliphatic heterocycles. The van der Waals surface area contributed by atoms with Crippen molar-refractivity contribution < 1.29 is 4.92 Å². The van der Waals surface area contributed by atoms with E-state index in [-0.39, 0.29) is 10.6 Å². The Labute approximate surface area is 126 Å². The summed E-state index contributed by atoms with van der Waals surface area (Å²) in [5.41, 5.74) is 2.96. The van der Waals surface area contributed by atoms with E-state index in [1.165, 1.54) is 0 Å². The Balaban J connectivity index is 1.95. The molecule has 0 N–H and O–H groups in total. The Morgan fingerprint density at radius 2 is 2.00 bits per heavy atom. The van der Waals surface area contributed by atoms with E-state index >= 15 is 0 Å². The van der Waals surface area contributed by atoms with Crippen molar-refractivity contribution in [2.24, 2.45) is 0 Å². The fourth-order valence-corrected chi connectivity index (χ4v) is 2.71. The lowest BCUT2D eigenvalue weighted by atomic mass is 10.1. The molecule has 106 valence electrons. The molecule has 1 heterocycles. The van der Waals surface area contributed by atoms with Gasteiger partial charge in [0.05, 0.1) is 4.92 Å². The minimum atomic E-state index is -0.355. The van der Waals surface area contributed by atoms with Crippen molar-refractivity contribution >= 4 is 28.2 Å². The third-order valence-electron chi connectivity index (χ3n) is 3.54. The summed E-state index contributed by atoms with van der Waals surface area (Å²) in [4.78, 5) is 10.5.